The summed E-state index contributed by atoms with van der Waals surface area (Å²) in [5, 5.41) is 7.15. The topological polar surface area (TPSA) is 46.9 Å². The van der Waals surface area contributed by atoms with E-state index in [2.05, 4.69) is 24.3 Å². The molecule has 2 rings (SSSR count). The number of carbonyl (C=O) groups is 1. The molecule has 0 saturated carbocycles. The van der Waals surface area contributed by atoms with E-state index in [1.807, 2.05) is 43.4 Å². The van der Waals surface area contributed by atoms with Crippen molar-refractivity contribution in [1.82, 2.24) is 15.1 Å². The van der Waals surface area contributed by atoms with Gasteiger partial charge >= 0.3 is 0 Å². The number of nitrogens with zero attached hydrogens (tertiary/aromatic N) is 2. The molecule has 0 atom stereocenters. The molecule has 4 nitrogen and oxygen atoms in total. The Morgan fingerprint density at radius 3 is 2.63 bits per heavy atom. The molecule has 4 heteroatoms. The summed E-state index contributed by atoms with van der Waals surface area (Å²) in [6.07, 6.45) is 0. The lowest BCUT2D eigenvalue weighted by molar-refractivity contribution is 0.0943. The lowest BCUT2D eigenvalue weighted by Crippen LogP contribution is -2.27. The van der Waals surface area contributed by atoms with E-state index in [-0.39, 0.29) is 5.91 Å². The average molecular weight is 257 g/mol. The molecule has 2 aromatic rings. The predicted molar refractivity (Wildman–Crippen MR) is 75.8 cm³/mol. The van der Waals surface area contributed by atoms with Gasteiger partial charge in [0.1, 0.15) is 0 Å². The smallest absolute Gasteiger partial charge is 0.271 e. The van der Waals surface area contributed by atoms with Crippen molar-refractivity contribution in [3.05, 3.63) is 42.1 Å². The van der Waals surface area contributed by atoms with E-state index in [1.165, 1.54) is 0 Å². The summed E-state index contributed by atoms with van der Waals surface area (Å²) in [5.41, 5.74) is 2.46. The predicted octanol–water partition coefficient (Wildman–Crippen LogP) is 2.47. The van der Waals surface area contributed by atoms with Gasteiger partial charge in [0.25, 0.3) is 5.91 Å². The number of carbonyl (C=O) groups excluding carboxylic acids is 1. The van der Waals surface area contributed by atoms with Gasteiger partial charge in [0.05, 0.1) is 5.69 Å². The SMILES string of the molecule is CC(C)CNC(=O)c1cc(-c2ccccc2)n(C)n1. The fourth-order valence-electron chi connectivity index (χ4n) is 1.84. The van der Waals surface area contributed by atoms with Gasteiger partial charge in [-0.1, -0.05) is 44.2 Å². The molecule has 0 unspecified atom stereocenters. The van der Waals surface area contributed by atoms with Crippen LogP contribution in [0.15, 0.2) is 36.4 Å². The number of hydrogen-bond acceptors (Lipinski definition) is 2. The highest BCUT2D eigenvalue weighted by Crippen LogP contribution is 2.19. The van der Waals surface area contributed by atoms with E-state index in [9.17, 15) is 4.79 Å². The maximum absolute atomic E-state index is 12.0. The largest absolute Gasteiger partial charge is 0.350 e. The summed E-state index contributed by atoms with van der Waals surface area (Å²) in [7, 11) is 1.85. The molecule has 1 N–H and O–H groups in total. The molecular formula is C15H19N3O. The van der Waals surface area contributed by atoms with Gasteiger partial charge in [0.15, 0.2) is 5.69 Å². The van der Waals surface area contributed by atoms with Gasteiger partial charge in [-0.05, 0) is 17.5 Å². The Balaban J connectivity index is 2.19. The highest BCUT2D eigenvalue weighted by atomic mass is 16.1. The van der Waals surface area contributed by atoms with E-state index < -0.39 is 0 Å². The summed E-state index contributed by atoms with van der Waals surface area (Å²) in [4.78, 5) is 12.0. The Morgan fingerprint density at radius 1 is 1.32 bits per heavy atom. The second-order valence-electron chi connectivity index (χ2n) is 5.01. The van der Waals surface area contributed by atoms with Crippen LogP contribution in [0.2, 0.25) is 0 Å². The van der Waals surface area contributed by atoms with Crippen LogP contribution >= 0.6 is 0 Å². The van der Waals surface area contributed by atoms with E-state index in [0.717, 1.165) is 11.3 Å². The van der Waals surface area contributed by atoms with Crippen LogP contribution in [0.25, 0.3) is 11.3 Å². The Morgan fingerprint density at radius 2 is 2.00 bits per heavy atom. The molecular weight excluding hydrogens is 238 g/mol. The van der Waals surface area contributed by atoms with Crippen molar-refractivity contribution in [2.75, 3.05) is 6.54 Å². The monoisotopic (exact) mass is 257 g/mol. The van der Waals surface area contributed by atoms with Crippen LogP contribution in [0.4, 0.5) is 0 Å². The summed E-state index contributed by atoms with van der Waals surface area (Å²) in [6, 6.07) is 11.8. The number of aryl methyl sites for hydroxylation is 1. The summed E-state index contributed by atoms with van der Waals surface area (Å²) in [6.45, 7) is 4.79. The summed E-state index contributed by atoms with van der Waals surface area (Å²) in [5.74, 6) is 0.313. The number of hydrogen-bond donors (Lipinski definition) is 1. The normalized spacial score (nSPS) is 10.7. The fourth-order valence-corrected chi connectivity index (χ4v) is 1.84. The van der Waals surface area contributed by atoms with Crippen molar-refractivity contribution < 1.29 is 4.79 Å². The second kappa shape index (κ2) is 5.69. The molecule has 19 heavy (non-hydrogen) atoms. The van der Waals surface area contributed by atoms with Gasteiger partial charge in [0, 0.05) is 13.6 Å². The highest BCUT2D eigenvalue weighted by molar-refractivity contribution is 5.93. The number of benzene rings is 1. The van der Waals surface area contributed by atoms with E-state index >= 15 is 0 Å². The third kappa shape index (κ3) is 3.22. The maximum atomic E-state index is 12.0. The Hall–Kier alpha value is -2.10. The molecule has 1 heterocycles. The van der Waals surface area contributed by atoms with Crippen molar-refractivity contribution in [3.8, 4) is 11.3 Å². The Kier molecular flexibility index (Phi) is 4.00. The van der Waals surface area contributed by atoms with Crippen molar-refractivity contribution in [3.63, 3.8) is 0 Å². The molecule has 0 aliphatic carbocycles. The van der Waals surface area contributed by atoms with E-state index in [0.29, 0.717) is 18.2 Å². The molecule has 1 amide bonds. The van der Waals surface area contributed by atoms with Crippen LogP contribution in [0, 0.1) is 5.92 Å². The third-order valence-electron chi connectivity index (χ3n) is 2.85. The highest BCUT2D eigenvalue weighted by Gasteiger charge is 2.13. The first-order valence-corrected chi connectivity index (χ1v) is 6.45. The minimum absolute atomic E-state index is 0.119. The van der Waals surface area contributed by atoms with Crippen LogP contribution in [-0.4, -0.2) is 22.2 Å². The Labute approximate surface area is 113 Å². The zero-order chi connectivity index (χ0) is 13.8. The van der Waals surface area contributed by atoms with Crippen molar-refractivity contribution in [1.29, 1.82) is 0 Å². The number of rotatable bonds is 4. The van der Waals surface area contributed by atoms with Crippen LogP contribution < -0.4 is 5.32 Å². The minimum atomic E-state index is -0.119. The van der Waals surface area contributed by atoms with Gasteiger partial charge in [0.2, 0.25) is 0 Å². The zero-order valence-electron chi connectivity index (χ0n) is 11.6. The summed E-state index contributed by atoms with van der Waals surface area (Å²) < 4.78 is 1.74. The van der Waals surface area contributed by atoms with Crippen LogP contribution in [0.3, 0.4) is 0 Å². The van der Waals surface area contributed by atoms with Gasteiger partial charge in [-0.2, -0.15) is 5.10 Å². The van der Waals surface area contributed by atoms with E-state index in [4.69, 9.17) is 0 Å². The third-order valence-corrected chi connectivity index (χ3v) is 2.85. The van der Waals surface area contributed by atoms with Crippen molar-refractivity contribution in [2.45, 2.75) is 13.8 Å². The van der Waals surface area contributed by atoms with Gasteiger partial charge in [-0.15, -0.1) is 0 Å². The first kappa shape index (κ1) is 13.3. The molecule has 0 radical (unpaired) electrons. The number of amides is 1. The van der Waals surface area contributed by atoms with E-state index in [1.54, 1.807) is 4.68 Å². The minimum Gasteiger partial charge on any atom is -0.350 e. The van der Waals surface area contributed by atoms with Crippen LogP contribution in [0.1, 0.15) is 24.3 Å². The molecule has 0 saturated heterocycles. The molecule has 100 valence electrons. The maximum Gasteiger partial charge on any atom is 0.271 e. The molecule has 0 spiro atoms. The first-order valence-electron chi connectivity index (χ1n) is 6.45. The second-order valence-corrected chi connectivity index (χ2v) is 5.01. The molecule has 1 aromatic carbocycles. The molecule has 0 aliphatic heterocycles. The lowest BCUT2D eigenvalue weighted by atomic mass is 10.1. The number of nitrogens with one attached hydrogen (secondary N) is 1. The lowest BCUT2D eigenvalue weighted by Gasteiger charge is -2.04. The standard InChI is InChI=1S/C15H19N3O/c1-11(2)10-16-15(19)13-9-14(18(3)17-13)12-7-5-4-6-8-12/h4-9,11H,10H2,1-3H3,(H,16,19). The van der Waals surface area contributed by atoms with Gasteiger partial charge in [-0.25, -0.2) is 0 Å². The molecule has 0 fully saturated rings. The number of aromatic nitrogens is 2. The summed E-state index contributed by atoms with van der Waals surface area (Å²) >= 11 is 0. The Bertz CT molecular complexity index is 558. The fraction of sp³-hybridized carbons (Fsp3) is 0.333. The van der Waals surface area contributed by atoms with Crippen molar-refractivity contribution in [2.24, 2.45) is 13.0 Å². The van der Waals surface area contributed by atoms with Crippen LogP contribution in [0.5, 0.6) is 0 Å². The van der Waals surface area contributed by atoms with Gasteiger partial charge < -0.3 is 5.32 Å². The van der Waals surface area contributed by atoms with Crippen molar-refractivity contribution >= 4 is 5.91 Å². The zero-order valence-corrected chi connectivity index (χ0v) is 11.6. The molecule has 1 aromatic heterocycles. The average Bonchev–Trinajstić information content (AvgIpc) is 2.79. The van der Waals surface area contributed by atoms with Gasteiger partial charge in [-0.3, -0.25) is 9.48 Å². The quantitative estimate of drug-likeness (QED) is 0.914. The first-order chi connectivity index (χ1) is 9.08. The van der Waals surface area contributed by atoms with Crippen LogP contribution in [-0.2, 0) is 7.05 Å². The molecule has 0 aliphatic rings. The molecule has 0 bridgehead atoms.